The van der Waals surface area contributed by atoms with Gasteiger partial charge in [0.25, 0.3) is 5.91 Å². The Bertz CT molecular complexity index is 1290. The molecule has 0 saturated heterocycles. The van der Waals surface area contributed by atoms with Crippen LogP contribution in [0.25, 0.3) is 0 Å². The number of aryl methyl sites for hydroxylation is 1. The number of hydrogen-bond acceptors (Lipinski definition) is 4. The predicted molar refractivity (Wildman–Crippen MR) is 129 cm³/mol. The lowest BCUT2D eigenvalue weighted by atomic mass is 9.97. The molecule has 0 spiro atoms. The molecule has 0 saturated carbocycles. The lowest BCUT2D eigenvalue weighted by molar-refractivity contribution is -0.137. The van der Waals surface area contributed by atoms with Crippen LogP contribution in [0.5, 0.6) is 0 Å². The number of alkyl halides is 3. The SMILES string of the molecule is Cc1sc(NC(=O)c2ccccc2)c([C@H](Nc2cccc(C(F)(F)F)c2)c2cccnc2)c1C. The Hall–Kier alpha value is -3.65. The molecule has 0 fully saturated rings. The van der Waals surface area contributed by atoms with Crippen molar-refractivity contribution in [3.63, 3.8) is 0 Å². The summed E-state index contributed by atoms with van der Waals surface area (Å²) >= 11 is 1.43. The molecule has 4 rings (SSSR count). The van der Waals surface area contributed by atoms with Gasteiger partial charge in [0.05, 0.1) is 11.6 Å². The number of nitrogens with one attached hydrogen (secondary N) is 2. The molecule has 4 nitrogen and oxygen atoms in total. The molecule has 1 atom stereocenters. The van der Waals surface area contributed by atoms with Crippen molar-refractivity contribution in [2.24, 2.45) is 0 Å². The molecule has 34 heavy (non-hydrogen) atoms. The minimum Gasteiger partial charge on any atom is -0.374 e. The number of benzene rings is 2. The van der Waals surface area contributed by atoms with E-state index >= 15 is 0 Å². The van der Waals surface area contributed by atoms with Gasteiger partial charge < -0.3 is 10.6 Å². The average Bonchev–Trinajstić information content (AvgIpc) is 3.11. The zero-order valence-electron chi connectivity index (χ0n) is 18.5. The van der Waals surface area contributed by atoms with Gasteiger partial charge in [-0.15, -0.1) is 11.3 Å². The summed E-state index contributed by atoms with van der Waals surface area (Å²) in [7, 11) is 0. The van der Waals surface area contributed by atoms with E-state index in [1.165, 1.54) is 17.4 Å². The van der Waals surface area contributed by atoms with Crippen LogP contribution in [-0.4, -0.2) is 10.9 Å². The highest BCUT2D eigenvalue weighted by Gasteiger charge is 2.31. The Kier molecular flexibility index (Phi) is 6.70. The van der Waals surface area contributed by atoms with E-state index in [4.69, 9.17) is 0 Å². The van der Waals surface area contributed by atoms with E-state index in [0.717, 1.165) is 33.7 Å². The zero-order valence-corrected chi connectivity index (χ0v) is 19.3. The van der Waals surface area contributed by atoms with E-state index in [2.05, 4.69) is 15.6 Å². The number of carbonyl (C=O) groups is 1. The van der Waals surface area contributed by atoms with Gasteiger partial charge in [-0.05, 0) is 61.4 Å². The first-order valence-corrected chi connectivity index (χ1v) is 11.4. The number of nitrogens with zero attached hydrogens (tertiary/aromatic N) is 1. The summed E-state index contributed by atoms with van der Waals surface area (Å²) < 4.78 is 39.9. The molecule has 0 aliphatic carbocycles. The highest BCUT2D eigenvalue weighted by atomic mass is 32.1. The van der Waals surface area contributed by atoms with Gasteiger partial charge in [0.2, 0.25) is 0 Å². The molecular weight excluding hydrogens is 459 g/mol. The Balaban J connectivity index is 1.77. The highest BCUT2D eigenvalue weighted by molar-refractivity contribution is 7.16. The van der Waals surface area contributed by atoms with E-state index in [1.807, 2.05) is 26.0 Å². The van der Waals surface area contributed by atoms with Gasteiger partial charge >= 0.3 is 6.18 Å². The number of anilines is 2. The molecule has 2 heterocycles. The fourth-order valence-electron chi connectivity index (χ4n) is 3.67. The molecule has 2 N–H and O–H groups in total. The van der Waals surface area contributed by atoms with Gasteiger partial charge in [0, 0.05) is 34.1 Å². The van der Waals surface area contributed by atoms with E-state index in [9.17, 15) is 18.0 Å². The minimum atomic E-state index is -4.45. The highest BCUT2D eigenvalue weighted by Crippen LogP contribution is 2.41. The summed E-state index contributed by atoms with van der Waals surface area (Å²) in [6.45, 7) is 3.89. The standard InChI is InChI=1S/C26H22F3N3OS/c1-16-17(2)34-25(32-24(33)18-8-4-3-5-9-18)22(16)23(19-10-7-13-30-15-19)31-21-12-6-11-20(14-21)26(27,28)29/h3-15,23,31H,1-2H3,(H,32,33)/t23-/m1/s1. The number of halogens is 3. The lowest BCUT2D eigenvalue weighted by Crippen LogP contribution is -2.18. The summed E-state index contributed by atoms with van der Waals surface area (Å²) in [5.74, 6) is -0.257. The Labute approximate surface area is 199 Å². The monoisotopic (exact) mass is 481 g/mol. The van der Waals surface area contributed by atoms with Crippen molar-refractivity contribution in [3.05, 3.63) is 112 Å². The lowest BCUT2D eigenvalue weighted by Gasteiger charge is -2.23. The third kappa shape index (κ3) is 5.12. The van der Waals surface area contributed by atoms with Crippen LogP contribution in [0.3, 0.4) is 0 Å². The average molecular weight is 482 g/mol. The van der Waals surface area contributed by atoms with Crippen LogP contribution < -0.4 is 10.6 Å². The molecule has 8 heteroatoms. The number of thiophene rings is 1. The van der Waals surface area contributed by atoms with Crippen molar-refractivity contribution in [2.45, 2.75) is 26.1 Å². The normalized spacial score (nSPS) is 12.3. The first-order valence-electron chi connectivity index (χ1n) is 10.5. The van der Waals surface area contributed by atoms with Crippen molar-refractivity contribution in [2.75, 3.05) is 10.6 Å². The Morgan fingerprint density at radius 1 is 1.00 bits per heavy atom. The second kappa shape index (κ2) is 9.69. The van der Waals surface area contributed by atoms with E-state index < -0.39 is 17.8 Å². The molecule has 0 radical (unpaired) electrons. The van der Waals surface area contributed by atoms with Crippen LogP contribution >= 0.6 is 11.3 Å². The van der Waals surface area contributed by atoms with Crippen molar-refractivity contribution < 1.29 is 18.0 Å². The maximum Gasteiger partial charge on any atom is 0.416 e. The first-order chi connectivity index (χ1) is 16.2. The molecule has 0 aliphatic heterocycles. The minimum absolute atomic E-state index is 0.257. The van der Waals surface area contributed by atoms with Crippen molar-refractivity contribution >= 4 is 27.9 Å². The van der Waals surface area contributed by atoms with Crippen molar-refractivity contribution in [1.82, 2.24) is 4.98 Å². The van der Waals surface area contributed by atoms with Gasteiger partial charge in [0.1, 0.15) is 5.00 Å². The Morgan fingerprint density at radius 2 is 1.76 bits per heavy atom. The Morgan fingerprint density at radius 3 is 2.44 bits per heavy atom. The van der Waals surface area contributed by atoms with Crippen molar-refractivity contribution in [3.8, 4) is 0 Å². The molecule has 174 valence electrons. The predicted octanol–water partition coefficient (Wildman–Crippen LogP) is 7.23. The van der Waals surface area contributed by atoms with Crippen LogP contribution in [0.15, 0.2) is 79.1 Å². The molecule has 1 amide bonds. The number of hydrogen-bond donors (Lipinski definition) is 2. The largest absolute Gasteiger partial charge is 0.416 e. The third-order valence-corrected chi connectivity index (χ3v) is 6.64. The van der Waals surface area contributed by atoms with Gasteiger partial charge in [-0.25, -0.2) is 0 Å². The third-order valence-electron chi connectivity index (χ3n) is 5.50. The molecule has 0 aliphatic rings. The number of pyridine rings is 1. The smallest absolute Gasteiger partial charge is 0.374 e. The maximum absolute atomic E-state index is 13.3. The molecule has 0 unspecified atom stereocenters. The van der Waals surface area contributed by atoms with Crippen LogP contribution in [0, 0.1) is 13.8 Å². The summed E-state index contributed by atoms with van der Waals surface area (Å²) in [4.78, 5) is 18.1. The van der Waals surface area contributed by atoms with E-state index in [1.54, 1.807) is 48.8 Å². The van der Waals surface area contributed by atoms with E-state index in [0.29, 0.717) is 16.3 Å². The summed E-state index contributed by atoms with van der Waals surface area (Å²) in [6.07, 6.45) is -1.15. The van der Waals surface area contributed by atoms with Crippen LogP contribution in [0.1, 0.15) is 43.5 Å². The summed E-state index contributed by atoms with van der Waals surface area (Å²) in [5, 5.41) is 6.88. The first kappa shape index (κ1) is 23.5. The molecule has 4 aromatic rings. The zero-order chi connectivity index (χ0) is 24.3. The van der Waals surface area contributed by atoms with Gasteiger partial charge in [0.15, 0.2) is 0 Å². The second-order valence-electron chi connectivity index (χ2n) is 7.79. The van der Waals surface area contributed by atoms with Gasteiger partial charge in [-0.3, -0.25) is 9.78 Å². The van der Waals surface area contributed by atoms with Crippen LogP contribution in [-0.2, 0) is 6.18 Å². The van der Waals surface area contributed by atoms with Crippen LogP contribution in [0.2, 0.25) is 0 Å². The number of rotatable bonds is 6. The molecule has 2 aromatic carbocycles. The maximum atomic E-state index is 13.3. The number of aromatic nitrogens is 1. The quantitative estimate of drug-likeness (QED) is 0.305. The topological polar surface area (TPSA) is 54.0 Å². The van der Waals surface area contributed by atoms with E-state index in [-0.39, 0.29) is 5.91 Å². The number of amides is 1. The van der Waals surface area contributed by atoms with Crippen molar-refractivity contribution in [1.29, 1.82) is 0 Å². The van der Waals surface area contributed by atoms with Gasteiger partial charge in [-0.1, -0.05) is 30.3 Å². The molecule has 0 bridgehead atoms. The van der Waals surface area contributed by atoms with Gasteiger partial charge in [-0.2, -0.15) is 13.2 Å². The fourth-order valence-corrected chi connectivity index (χ4v) is 4.76. The second-order valence-corrected chi connectivity index (χ2v) is 9.01. The number of carbonyl (C=O) groups excluding carboxylic acids is 1. The summed E-state index contributed by atoms with van der Waals surface area (Å²) in [6, 6.07) is 17.0. The van der Waals surface area contributed by atoms with Crippen LogP contribution in [0.4, 0.5) is 23.9 Å². The fraction of sp³-hybridized carbons (Fsp3) is 0.154. The summed E-state index contributed by atoms with van der Waals surface area (Å²) in [5.41, 5.74) is 2.58. The molecule has 2 aromatic heterocycles. The molecular formula is C26H22F3N3OS.